The van der Waals surface area contributed by atoms with Gasteiger partial charge in [0.15, 0.2) is 9.84 Å². The number of hydrogen-bond donors (Lipinski definition) is 0. The molecule has 1 aliphatic rings. The quantitative estimate of drug-likeness (QED) is 0.762. The zero-order valence-corrected chi connectivity index (χ0v) is 16.0. The number of sulfone groups is 1. The van der Waals surface area contributed by atoms with Gasteiger partial charge in [-0.3, -0.25) is 0 Å². The Morgan fingerprint density at radius 3 is 2.39 bits per heavy atom. The van der Waals surface area contributed by atoms with Crippen LogP contribution in [0.1, 0.15) is 20.3 Å². The van der Waals surface area contributed by atoms with E-state index < -0.39 is 25.9 Å². The van der Waals surface area contributed by atoms with Crippen LogP contribution in [0.4, 0.5) is 0 Å². The van der Waals surface area contributed by atoms with Crippen molar-refractivity contribution in [2.45, 2.75) is 31.2 Å². The summed E-state index contributed by atoms with van der Waals surface area (Å²) in [7, 11) is -7.03. The van der Waals surface area contributed by atoms with Gasteiger partial charge in [-0.25, -0.2) is 16.8 Å². The van der Waals surface area contributed by atoms with Crippen molar-refractivity contribution in [2.75, 3.05) is 18.1 Å². The average Bonchev–Trinajstić information content (AvgIpc) is 2.78. The number of hydrogen-bond acceptors (Lipinski definition) is 4. The Morgan fingerprint density at radius 1 is 1.26 bits per heavy atom. The highest BCUT2D eigenvalue weighted by atomic mass is 35.5. The van der Waals surface area contributed by atoms with Crippen LogP contribution in [-0.2, 0) is 19.9 Å². The Kier molecular flexibility index (Phi) is 5.68. The zero-order chi connectivity index (χ0) is 17.4. The molecule has 1 fully saturated rings. The Balaban J connectivity index is 2.43. The number of sulfonamides is 1. The van der Waals surface area contributed by atoms with E-state index in [-0.39, 0.29) is 38.9 Å². The summed E-state index contributed by atoms with van der Waals surface area (Å²) in [5.74, 6) is -0.0560. The molecule has 0 amide bonds. The lowest BCUT2D eigenvalue weighted by molar-refractivity contribution is 0.308. The maximum Gasteiger partial charge on any atom is 0.243 e. The lowest BCUT2D eigenvalue weighted by atomic mass is 10.2. The van der Waals surface area contributed by atoms with Crippen molar-refractivity contribution in [3.63, 3.8) is 0 Å². The van der Waals surface area contributed by atoms with E-state index in [2.05, 4.69) is 0 Å². The van der Waals surface area contributed by atoms with Gasteiger partial charge in [0, 0.05) is 12.6 Å². The van der Waals surface area contributed by atoms with Crippen LogP contribution in [0.15, 0.2) is 23.1 Å². The molecule has 0 aliphatic carbocycles. The minimum Gasteiger partial charge on any atom is -0.229 e. The zero-order valence-electron chi connectivity index (χ0n) is 12.9. The summed E-state index contributed by atoms with van der Waals surface area (Å²) in [6.07, 6.45) is 0.315. The van der Waals surface area contributed by atoms with Crippen molar-refractivity contribution in [1.82, 2.24) is 4.31 Å². The van der Waals surface area contributed by atoms with E-state index >= 15 is 0 Å². The van der Waals surface area contributed by atoms with Crippen LogP contribution in [0.25, 0.3) is 0 Å². The topological polar surface area (TPSA) is 71.5 Å². The van der Waals surface area contributed by atoms with E-state index in [0.29, 0.717) is 6.42 Å². The van der Waals surface area contributed by atoms with Gasteiger partial charge in [-0.1, -0.05) is 37.0 Å². The smallest absolute Gasteiger partial charge is 0.229 e. The van der Waals surface area contributed by atoms with Gasteiger partial charge < -0.3 is 0 Å². The SMILES string of the molecule is CC(C)CN([C@@H]1CCS(=O)(=O)C1)S(=O)(=O)c1ccc(Cl)c(Cl)c1. The number of nitrogens with zero attached hydrogens (tertiary/aromatic N) is 1. The van der Waals surface area contributed by atoms with E-state index in [1.165, 1.54) is 22.5 Å². The van der Waals surface area contributed by atoms with Crippen molar-refractivity contribution >= 4 is 43.1 Å². The largest absolute Gasteiger partial charge is 0.243 e. The molecule has 1 saturated heterocycles. The summed E-state index contributed by atoms with van der Waals surface area (Å²) in [5.41, 5.74) is 0. The fourth-order valence-corrected chi connectivity index (χ4v) is 6.61. The normalized spacial score (nSPS) is 21.2. The molecule has 1 aromatic rings. The molecular formula is C14H19Cl2NO4S2. The molecule has 1 atom stereocenters. The molecule has 9 heteroatoms. The van der Waals surface area contributed by atoms with Crippen LogP contribution in [-0.4, -0.2) is 45.2 Å². The second-order valence-corrected chi connectivity index (χ2v) is 11.0. The van der Waals surface area contributed by atoms with Gasteiger partial charge in [0.1, 0.15) is 0 Å². The Morgan fingerprint density at radius 2 is 1.91 bits per heavy atom. The van der Waals surface area contributed by atoms with Gasteiger partial charge in [-0.05, 0) is 30.5 Å². The van der Waals surface area contributed by atoms with Crippen molar-refractivity contribution in [3.05, 3.63) is 28.2 Å². The van der Waals surface area contributed by atoms with Crippen molar-refractivity contribution < 1.29 is 16.8 Å². The van der Waals surface area contributed by atoms with E-state index in [9.17, 15) is 16.8 Å². The Labute approximate surface area is 147 Å². The summed E-state index contributed by atoms with van der Waals surface area (Å²) < 4.78 is 50.7. The van der Waals surface area contributed by atoms with E-state index in [1.54, 1.807) is 0 Å². The van der Waals surface area contributed by atoms with Crippen LogP contribution in [0.3, 0.4) is 0 Å². The average molecular weight is 400 g/mol. The molecule has 1 aliphatic heterocycles. The molecule has 0 bridgehead atoms. The highest BCUT2D eigenvalue weighted by molar-refractivity contribution is 7.92. The highest BCUT2D eigenvalue weighted by Gasteiger charge is 2.39. The molecule has 0 aromatic heterocycles. The molecule has 1 heterocycles. The summed E-state index contributed by atoms with van der Waals surface area (Å²) >= 11 is 11.8. The molecule has 1 aromatic carbocycles. The lowest BCUT2D eigenvalue weighted by Gasteiger charge is -2.29. The standard InChI is InChI=1S/C14H19Cl2NO4S2/c1-10(2)8-17(11-5-6-22(18,19)9-11)23(20,21)12-3-4-13(15)14(16)7-12/h3-4,7,10-11H,5-6,8-9H2,1-2H3/t11-/m1/s1. The van der Waals surface area contributed by atoms with E-state index in [0.717, 1.165) is 0 Å². The number of benzene rings is 1. The van der Waals surface area contributed by atoms with Crippen LogP contribution < -0.4 is 0 Å². The second-order valence-electron chi connectivity index (χ2n) is 6.10. The van der Waals surface area contributed by atoms with Gasteiger partial charge in [-0.15, -0.1) is 0 Å². The van der Waals surface area contributed by atoms with E-state index in [1.807, 2.05) is 13.8 Å². The minimum absolute atomic E-state index is 0.0170. The third kappa shape index (κ3) is 4.39. The predicted molar refractivity (Wildman–Crippen MR) is 92.3 cm³/mol. The molecule has 0 unspecified atom stereocenters. The Hall–Kier alpha value is -0.340. The van der Waals surface area contributed by atoms with Gasteiger partial charge in [0.2, 0.25) is 10.0 Å². The summed E-state index contributed by atoms with van der Waals surface area (Å²) in [6, 6.07) is 3.58. The fourth-order valence-electron chi connectivity index (χ4n) is 2.58. The molecule has 130 valence electrons. The molecule has 0 radical (unpaired) electrons. The van der Waals surface area contributed by atoms with Gasteiger partial charge >= 0.3 is 0 Å². The predicted octanol–water partition coefficient (Wildman–Crippen LogP) is 2.83. The van der Waals surface area contributed by atoms with Crippen LogP contribution in [0, 0.1) is 5.92 Å². The summed E-state index contributed by atoms with van der Waals surface area (Å²) in [5, 5.41) is 0.417. The first-order valence-electron chi connectivity index (χ1n) is 7.20. The first-order chi connectivity index (χ1) is 10.5. The molecule has 2 rings (SSSR count). The maximum atomic E-state index is 13.0. The summed E-state index contributed by atoms with van der Waals surface area (Å²) in [4.78, 5) is 0.0249. The highest BCUT2D eigenvalue weighted by Crippen LogP contribution is 2.30. The number of rotatable bonds is 5. The molecule has 0 saturated carbocycles. The maximum absolute atomic E-state index is 13.0. The molecule has 5 nitrogen and oxygen atoms in total. The minimum atomic E-state index is -3.84. The third-order valence-corrected chi connectivity index (χ3v) is 8.06. The molecule has 0 spiro atoms. The number of halogens is 2. The Bertz CT molecular complexity index is 791. The molecular weight excluding hydrogens is 381 g/mol. The lowest BCUT2D eigenvalue weighted by Crippen LogP contribution is -2.43. The van der Waals surface area contributed by atoms with Crippen LogP contribution in [0.5, 0.6) is 0 Å². The van der Waals surface area contributed by atoms with Crippen molar-refractivity contribution in [2.24, 2.45) is 5.92 Å². The molecule has 23 heavy (non-hydrogen) atoms. The van der Waals surface area contributed by atoms with Gasteiger partial charge in [-0.2, -0.15) is 4.31 Å². The third-order valence-electron chi connectivity index (χ3n) is 3.66. The fraction of sp³-hybridized carbons (Fsp3) is 0.571. The summed E-state index contributed by atoms with van der Waals surface area (Å²) in [6.45, 7) is 4.03. The van der Waals surface area contributed by atoms with Crippen molar-refractivity contribution in [1.29, 1.82) is 0 Å². The molecule has 0 N–H and O–H groups in total. The van der Waals surface area contributed by atoms with Crippen molar-refractivity contribution in [3.8, 4) is 0 Å². The van der Waals surface area contributed by atoms with Gasteiger partial charge in [0.05, 0.1) is 26.4 Å². The first-order valence-corrected chi connectivity index (χ1v) is 11.2. The monoisotopic (exact) mass is 399 g/mol. The van der Waals surface area contributed by atoms with Crippen LogP contribution in [0.2, 0.25) is 10.0 Å². The second kappa shape index (κ2) is 6.88. The van der Waals surface area contributed by atoms with E-state index in [4.69, 9.17) is 23.2 Å². The first kappa shape index (κ1) is 19.0. The van der Waals surface area contributed by atoms with Crippen LogP contribution >= 0.6 is 23.2 Å². The van der Waals surface area contributed by atoms with Gasteiger partial charge in [0.25, 0.3) is 0 Å².